The average Bonchev–Trinajstić information content (AvgIpc) is 1.63. The van der Waals surface area contributed by atoms with Crippen molar-refractivity contribution >= 4 is 5.97 Å². The lowest BCUT2D eigenvalue weighted by Crippen LogP contribution is -2.00. The lowest BCUT2D eigenvalue weighted by molar-refractivity contribution is -0.149. The van der Waals surface area contributed by atoms with E-state index in [9.17, 15) is 9.90 Å². The fourth-order valence-corrected chi connectivity index (χ4v) is 0.335. The molecule has 0 saturated heterocycles. The van der Waals surface area contributed by atoms with Gasteiger partial charge in [0.05, 0.1) is 0 Å². The largest absolute Gasteiger partial charge is 0.432 e. The van der Waals surface area contributed by atoms with Crippen LogP contribution < -0.4 is 0 Å². The molecular weight excluding hydrogens is 120 g/mol. The Morgan fingerprint density at radius 1 is 1.56 bits per heavy atom. The summed E-state index contributed by atoms with van der Waals surface area (Å²) in [6, 6.07) is 0. The van der Waals surface area contributed by atoms with Crippen LogP contribution in [0.1, 0.15) is 13.8 Å². The Balaban J connectivity index is 3.63. The zero-order chi connectivity index (χ0) is 7.28. The monoisotopic (exact) mass is 129 g/mol. The van der Waals surface area contributed by atoms with Crippen molar-refractivity contribution in [3.8, 4) is 0 Å². The van der Waals surface area contributed by atoms with Crippen molar-refractivity contribution in [3.05, 3.63) is 11.6 Å². The Hall–Kier alpha value is -0.830. The van der Waals surface area contributed by atoms with Crippen LogP contribution in [0.25, 0.3) is 0 Å². The molecular formula is C6H9O3. The third-order valence-corrected chi connectivity index (χ3v) is 0.608. The SMILES string of the molecule is CC(C)=CC(=O)OC[O]. The summed E-state index contributed by atoms with van der Waals surface area (Å²) in [6.07, 6.45) is 1.28. The standard InChI is InChI=1S/C6H9O3/c1-5(2)3-6(8)9-4-7/h3H,4H2,1-2H3. The number of allylic oxidation sites excluding steroid dienone is 1. The predicted molar refractivity (Wildman–Crippen MR) is 31.1 cm³/mol. The molecule has 0 bridgehead atoms. The molecule has 0 amide bonds. The fraction of sp³-hybridized carbons (Fsp3) is 0.500. The Morgan fingerprint density at radius 2 is 2.11 bits per heavy atom. The molecule has 1 radical (unpaired) electrons. The molecule has 0 N–H and O–H groups in total. The van der Waals surface area contributed by atoms with Gasteiger partial charge in [-0.3, -0.25) is 0 Å². The van der Waals surface area contributed by atoms with Gasteiger partial charge >= 0.3 is 5.97 Å². The molecule has 0 saturated carbocycles. The summed E-state index contributed by atoms with van der Waals surface area (Å²) in [5.74, 6) is -0.565. The second-order valence-corrected chi connectivity index (χ2v) is 1.80. The van der Waals surface area contributed by atoms with Gasteiger partial charge in [-0.05, 0) is 13.8 Å². The maximum Gasteiger partial charge on any atom is 0.332 e. The van der Waals surface area contributed by atoms with Crippen molar-refractivity contribution < 1.29 is 14.6 Å². The van der Waals surface area contributed by atoms with Gasteiger partial charge in [-0.15, -0.1) is 0 Å². The van der Waals surface area contributed by atoms with E-state index in [0.29, 0.717) is 0 Å². The minimum absolute atomic E-state index is 0.565. The number of hydrogen-bond donors (Lipinski definition) is 0. The highest BCUT2D eigenvalue weighted by Gasteiger charge is 1.93. The van der Waals surface area contributed by atoms with Crippen LogP contribution in [0.15, 0.2) is 11.6 Å². The first kappa shape index (κ1) is 8.17. The first-order chi connectivity index (χ1) is 4.16. The molecule has 0 aliphatic carbocycles. The van der Waals surface area contributed by atoms with Crippen LogP contribution in [0.3, 0.4) is 0 Å². The van der Waals surface area contributed by atoms with E-state index in [4.69, 9.17) is 0 Å². The lowest BCUT2D eigenvalue weighted by atomic mass is 10.3. The second-order valence-electron chi connectivity index (χ2n) is 1.80. The van der Waals surface area contributed by atoms with Crippen molar-refractivity contribution in [1.29, 1.82) is 0 Å². The van der Waals surface area contributed by atoms with E-state index in [2.05, 4.69) is 4.74 Å². The molecule has 0 heterocycles. The highest BCUT2D eigenvalue weighted by molar-refractivity contribution is 5.82. The molecule has 0 aliphatic heterocycles. The third-order valence-electron chi connectivity index (χ3n) is 0.608. The molecule has 0 unspecified atom stereocenters. The van der Waals surface area contributed by atoms with Crippen LogP contribution in [0, 0.1) is 0 Å². The molecule has 0 fully saturated rings. The summed E-state index contributed by atoms with van der Waals surface area (Å²) in [7, 11) is 0. The topological polar surface area (TPSA) is 46.2 Å². The van der Waals surface area contributed by atoms with E-state index in [0.717, 1.165) is 5.57 Å². The molecule has 9 heavy (non-hydrogen) atoms. The second kappa shape index (κ2) is 4.09. The number of ether oxygens (including phenoxy) is 1. The Kier molecular flexibility index (Phi) is 3.71. The summed E-state index contributed by atoms with van der Waals surface area (Å²) < 4.78 is 4.08. The molecule has 0 aromatic heterocycles. The summed E-state index contributed by atoms with van der Waals surface area (Å²) in [4.78, 5) is 10.4. The maximum absolute atomic E-state index is 10.4. The van der Waals surface area contributed by atoms with Crippen LogP contribution in [0.2, 0.25) is 0 Å². The van der Waals surface area contributed by atoms with E-state index in [1.807, 2.05) is 0 Å². The molecule has 0 atom stereocenters. The van der Waals surface area contributed by atoms with Crippen LogP contribution in [-0.4, -0.2) is 12.8 Å². The number of esters is 1. The molecule has 0 aromatic carbocycles. The van der Waals surface area contributed by atoms with Gasteiger partial charge in [0, 0.05) is 6.08 Å². The molecule has 51 valence electrons. The van der Waals surface area contributed by atoms with Crippen LogP contribution in [0.4, 0.5) is 0 Å². The average molecular weight is 129 g/mol. The van der Waals surface area contributed by atoms with E-state index >= 15 is 0 Å². The third kappa shape index (κ3) is 5.03. The molecule has 0 aromatic rings. The van der Waals surface area contributed by atoms with Crippen molar-refractivity contribution in [1.82, 2.24) is 0 Å². The highest BCUT2D eigenvalue weighted by atomic mass is 16.6. The minimum atomic E-state index is -0.803. The van der Waals surface area contributed by atoms with Gasteiger partial charge < -0.3 is 4.74 Å². The van der Waals surface area contributed by atoms with E-state index in [1.54, 1.807) is 13.8 Å². The summed E-state index contributed by atoms with van der Waals surface area (Å²) in [5, 5.41) is 9.65. The van der Waals surface area contributed by atoms with Crippen LogP contribution >= 0.6 is 0 Å². The van der Waals surface area contributed by atoms with Crippen LogP contribution in [-0.2, 0) is 14.6 Å². The Labute approximate surface area is 53.9 Å². The molecule has 3 heteroatoms. The van der Waals surface area contributed by atoms with Gasteiger partial charge in [0.2, 0.25) is 6.79 Å². The van der Waals surface area contributed by atoms with E-state index < -0.39 is 12.8 Å². The zero-order valence-electron chi connectivity index (χ0n) is 5.51. The Morgan fingerprint density at radius 3 is 2.44 bits per heavy atom. The van der Waals surface area contributed by atoms with Gasteiger partial charge in [0.25, 0.3) is 0 Å². The fourth-order valence-electron chi connectivity index (χ4n) is 0.335. The number of hydrogen-bond acceptors (Lipinski definition) is 2. The van der Waals surface area contributed by atoms with Crippen molar-refractivity contribution in [3.63, 3.8) is 0 Å². The van der Waals surface area contributed by atoms with Crippen molar-refractivity contribution in [2.24, 2.45) is 0 Å². The molecule has 0 aliphatic rings. The van der Waals surface area contributed by atoms with Crippen LogP contribution in [0.5, 0.6) is 0 Å². The first-order valence-electron chi connectivity index (χ1n) is 2.56. The minimum Gasteiger partial charge on any atom is -0.432 e. The normalized spacial score (nSPS) is 8.33. The van der Waals surface area contributed by atoms with Gasteiger partial charge in [0.1, 0.15) is 0 Å². The first-order valence-corrected chi connectivity index (χ1v) is 2.56. The molecule has 0 spiro atoms. The zero-order valence-corrected chi connectivity index (χ0v) is 5.51. The smallest absolute Gasteiger partial charge is 0.332 e. The molecule has 0 rings (SSSR count). The summed E-state index contributed by atoms with van der Waals surface area (Å²) >= 11 is 0. The van der Waals surface area contributed by atoms with Crippen molar-refractivity contribution in [2.45, 2.75) is 13.8 Å². The Bertz CT molecular complexity index is 122. The van der Waals surface area contributed by atoms with Crippen molar-refractivity contribution in [2.75, 3.05) is 6.79 Å². The summed E-state index contributed by atoms with van der Waals surface area (Å²) in [5.41, 5.74) is 0.827. The number of carbonyl (C=O) groups excluding carboxylic acids is 1. The summed E-state index contributed by atoms with van der Waals surface area (Å²) in [6.45, 7) is 2.71. The van der Waals surface area contributed by atoms with E-state index in [1.165, 1.54) is 6.08 Å². The lowest BCUT2D eigenvalue weighted by Gasteiger charge is -1.92. The van der Waals surface area contributed by atoms with E-state index in [-0.39, 0.29) is 0 Å². The van der Waals surface area contributed by atoms with Gasteiger partial charge in [0.15, 0.2) is 0 Å². The maximum atomic E-state index is 10.4. The quantitative estimate of drug-likeness (QED) is 0.315. The molecule has 3 nitrogen and oxygen atoms in total. The number of carbonyl (C=O) groups is 1. The number of rotatable bonds is 2. The van der Waals surface area contributed by atoms with Gasteiger partial charge in [-0.2, -0.15) is 5.11 Å². The van der Waals surface area contributed by atoms with Gasteiger partial charge in [-0.1, -0.05) is 5.57 Å². The highest BCUT2D eigenvalue weighted by Crippen LogP contribution is 1.89. The predicted octanol–water partition coefficient (Wildman–Crippen LogP) is 0.884. The van der Waals surface area contributed by atoms with Gasteiger partial charge in [-0.25, -0.2) is 4.79 Å².